The largest absolute Gasteiger partial charge is 0.320 e. The molecule has 0 unspecified atom stereocenters. The monoisotopic (exact) mass is 489 g/mol. The van der Waals surface area contributed by atoms with Crippen LogP contribution in [0.2, 0.25) is 0 Å². The lowest BCUT2D eigenvalue weighted by molar-refractivity contribution is 0.0479. The first-order chi connectivity index (χ1) is 16.9. The Kier molecular flexibility index (Phi) is 8.65. The lowest BCUT2D eigenvalue weighted by Crippen LogP contribution is -2.37. The first-order valence-electron chi connectivity index (χ1n) is 13.1. The van der Waals surface area contributed by atoms with Gasteiger partial charge in [-0.05, 0) is 60.8 Å². The molecule has 1 aliphatic carbocycles. The van der Waals surface area contributed by atoms with Crippen LogP contribution in [-0.4, -0.2) is 6.10 Å². The summed E-state index contributed by atoms with van der Waals surface area (Å²) in [6, 6.07) is 30.4. The quantitative estimate of drug-likeness (QED) is 0.309. The van der Waals surface area contributed by atoms with E-state index in [0.717, 1.165) is 23.7 Å². The minimum absolute atomic E-state index is 0.00761. The van der Waals surface area contributed by atoms with Crippen molar-refractivity contribution in [2.75, 3.05) is 0 Å². The molecule has 4 heteroatoms. The SMILES string of the molecule is CC(C)[C@@H]1CC[C@@H](C)C[C@H]1O[P@@](=O)(c1ccccc1)[C@H](N[C@H](C)c1ccccc1)c1ccccc1. The van der Waals surface area contributed by atoms with Crippen molar-refractivity contribution in [1.82, 2.24) is 5.32 Å². The highest BCUT2D eigenvalue weighted by Gasteiger charge is 2.43. The molecular weight excluding hydrogens is 449 g/mol. The molecular formula is C31H40NO2P. The van der Waals surface area contributed by atoms with Crippen molar-refractivity contribution >= 4 is 12.7 Å². The molecule has 4 rings (SSSR count). The molecule has 3 aromatic carbocycles. The fraction of sp³-hybridized carbons (Fsp3) is 0.419. The molecule has 0 aliphatic heterocycles. The van der Waals surface area contributed by atoms with E-state index >= 15 is 4.57 Å². The number of rotatable bonds is 9. The van der Waals surface area contributed by atoms with Gasteiger partial charge in [0.25, 0.3) is 7.37 Å². The fourth-order valence-electron chi connectivity index (χ4n) is 5.44. The molecule has 1 fully saturated rings. The molecule has 35 heavy (non-hydrogen) atoms. The van der Waals surface area contributed by atoms with Crippen LogP contribution in [0.5, 0.6) is 0 Å². The van der Waals surface area contributed by atoms with E-state index in [-0.39, 0.29) is 12.1 Å². The molecule has 0 bridgehead atoms. The van der Waals surface area contributed by atoms with Crippen LogP contribution in [0.1, 0.15) is 69.9 Å². The van der Waals surface area contributed by atoms with Gasteiger partial charge in [0.2, 0.25) is 0 Å². The van der Waals surface area contributed by atoms with E-state index in [1.54, 1.807) is 0 Å². The summed E-state index contributed by atoms with van der Waals surface area (Å²) in [4.78, 5) is 0. The highest BCUT2D eigenvalue weighted by Crippen LogP contribution is 2.61. The molecule has 3 nitrogen and oxygen atoms in total. The lowest BCUT2D eigenvalue weighted by Gasteiger charge is -2.41. The second kappa shape index (κ2) is 11.7. The van der Waals surface area contributed by atoms with Gasteiger partial charge < -0.3 is 4.52 Å². The first kappa shape index (κ1) is 25.9. The van der Waals surface area contributed by atoms with Gasteiger partial charge >= 0.3 is 0 Å². The average molecular weight is 490 g/mol. The minimum atomic E-state index is -3.36. The molecule has 1 saturated carbocycles. The highest BCUT2D eigenvalue weighted by atomic mass is 31.2. The number of hydrogen-bond donors (Lipinski definition) is 1. The third kappa shape index (κ3) is 6.15. The minimum Gasteiger partial charge on any atom is -0.320 e. The van der Waals surface area contributed by atoms with Gasteiger partial charge in [-0.25, -0.2) is 0 Å². The van der Waals surface area contributed by atoms with E-state index in [0.29, 0.717) is 17.8 Å². The topological polar surface area (TPSA) is 38.3 Å². The Bertz CT molecular complexity index is 1090. The van der Waals surface area contributed by atoms with Crippen LogP contribution >= 0.6 is 7.37 Å². The first-order valence-corrected chi connectivity index (χ1v) is 14.8. The van der Waals surface area contributed by atoms with Crippen LogP contribution in [0.25, 0.3) is 0 Å². The summed E-state index contributed by atoms with van der Waals surface area (Å²) < 4.78 is 22.3. The molecule has 0 saturated heterocycles. The van der Waals surface area contributed by atoms with Gasteiger partial charge in [-0.3, -0.25) is 9.88 Å². The Morgan fingerprint density at radius 1 is 0.800 bits per heavy atom. The predicted octanol–water partition coefficient (Wildman–Crippen LogP) is 8.12. The van der Waals surface area contributed by atoms with Crippen LogP contribution in [0, 0.1) is 17.8 Å². The summed E-state index contributed by atoms with van der Waals surface area (Å²) in [7, 11) is -3.36. The maximum atomic E-state index is 15.3. The molecule has 3 aromatic rings. The van der Waals surface area contributed by atoms with E-state index in [2.05, 4.69) is 69.4 Å². The Balaban J connectivity index is 1.78. The van der Waals surface area contributed by atoms with Crippen molar-refractivity contribution in [1.29, 1.82) is 0 Å². The molecule has 186 valence electrons. The zero-order valence-corrected chi connectivity index (χ0v) is 22.4. The molecule has 1 aliphatic rings. The molecule has 0 heterocycles. The second-order valence-electron chi connectivity index (χ2n) is 10.5. The van der Waals surface area contributed by atoms with Gasteiger partial charge in [0.15, 0.2) is 0 Å². The zero-order valence-electron chi connectivity index (χ0n) is 21.5. The maximum Gasteiger partial charge on any atom is 0.253 e. The fourth-order valence-corrected chi connectivity index (χ4v) is 8.20. The van der Waals surface area contributed by atoms with E-state index < -0.39 is 13.2 Å². The molecule has 0 amide bonds. The van der Waals surface area contributed by atoms with Crippen molar-refractivity contribution in [2.24, 2.45) is 17.8 Å². The standard InChI is InChI=1S/C31H40NO2P/c1-23(2)29-21-20-24(3)22-30(29)34-35(33,28-18-12-7-13-19-28)31(27-16-10-6-11-17-27)32-25(4)26-14-8-5-9-15-26/h5-19,23-25,29-32H,20-22H2,1-4H3/t24-,25-,29+,30-,31+,35+/m1/s1. The third-order valence-electron chi connectivity index (χ3n) is 7.53. The smallest absolute Gasteiger partial charge is 0.253 e. The average Bonchev–Trinajstić information content (AvgIpc) is 2.88. The van der Waals surface area contributed by atoms with Gasteiger partial charge in [-0.2, -0.15) is 0 Å². The van der Waals surface area contributed by atoms with Gasteiger partial charge in [-0.1, -0.05) is 106 Å². The molecule has 1 N–H and O–H groups in total. The third-order valence-corrected chi connectivity index (χ3v) is 10.3. The molecule has 0 radical (unpaired) electrons. The van der Waals surface area contributed by atoms with E-state index in [1.807, 2.05) is 54.6 Å². The van der Waals surface area contributed by atoms with Crippen molar-refractivity contribution in [3.63, 3.8) is 0 Å². The summed E-state index contributed by atoms with van der Waals surface area (Å²) in [5, 5.41) is 4.53. The normalized spacial score (nSPS) is 24.0. The van der Waals surface area contributed by atoms with Gasteiger partial charge in [0.05, 0.1) is 6.10 Å². The van der Waals surface area contributed by atoms with E-state index in [4.69, 9.17) is 4.52 Å². The summed E-state index contributed by atoms with van der Waals surface area (Å²) in [6.45, 7) is 8.98. The van der Waals surface area contributed by atoms with Gasteiger partial charge in [-0.15, -0.1) is 0 Å². The number of nitrogens with one attached hydrogen (secondary N) is 1. The van der Waals surface area contributed by atoms with Crippen LogP contribution in [-0.2, 0) is 9.09 Å². The van der Waals surface area contributed by atoms with Crippen molar-refractivity contribution in [2.45, 2.75) is 64.9 Å². The van der Waals surface area contributed by atoms with Crippen LogP contribution in [0.15, 0.2) is 91.0 Å². The second-order valence-corrected chi connectivity index (χ2v) is 13.0. The van der Waals surface area contributed by atoms with Crippen molar-refractivity contribution < 1.29 is 9.09 Å². The van der Waals surface area contributed by atoms with Crippen LogP contribution < -0.4 is 10.6 Å². The predicted molar refractivity (Wildman–Crippen MR) is 147 cm³/mol. The van der Waals surface area contributed by atoms with Crippen LogP contribution in [0.3, 0.4) is 0 Å². The van der Waals surface area contributed by atoms with Gasteiger partial charge in [0.1, 0.15) is 5.78 Å². The Labute approximate surface area is 211 Å². The Hall–Kier alpha value is -2.19. The Morgan fingerprint density at radius 2 is 1.34 bits per heavy atom. The summed E-state index contributed by atoms with van der Waals surface area (Å²) in [6.07, 6.45) is 3.27. The van der Waals surface area contributed by atoms with Crippen molar-refractivity contribution in [3.8, 4) is 0 Å². The molecule has 6 atom stereocenters. The highest BCUT2D eigenvalue weighted by molar-refractivity contribution is 7.67. The lowest BCUT2D eigenvalue weighted by atomic mass is 9.75. The Morgan fingerprint density at radius 3 is 1.91 bits per heavy atom. The van der Waals surface area contributed by atoms with E-state index in [9.17, 15) is 0 Å². The summed E-state index contributed by atoms with van der Waals surface area (Å²) in [5.74, 6) is 1.02. The molecule has 0 spiro atoms. The number of hydrogen-bond acceptors (Lipinski definition) is 3. The van der Waals surface area contributed by atoms with Crippen LogP contribution in [0.4, 0.5) is 0 Å². The summed E-state index contributed by atoms with van der Waals surface area (Å²) >= 11 is 0. The molecule has 0 aromatic heterocycles. The van der Waals surface area contributed by atoms with E-state index in [1.165, 1.54) is 12.0 Å². The van der Waals surface area contributed by atoms with Gasteiger partial charge in [0, 0.05) is 11.3 Å². The summed E-state index contributed by atoms with van der Waals surface area (Å²) in [5.41, 5.74) is 2.16. The maximum absolute atomic E-state index is 15.3. The van der Waals surface area contributed by atoms with Crippen molar-refractivity contribution in [3.05, 3.63) is 102 Å². The number of benzene rings is 3. The zero-order chi connectivity index (χ0) is 24.8.